The highest BCUT2D eigenvalue weighted by Gasteiger charge is 2.13. The molecule has 0 atom stereocenters. The lowest BCUT2D eigenvalue weighted by Crippen LogP contribution is -2.22. The molecule has 1 amide bonds. The molecule has 3 aromatic rings. The summed E-state index contributed by atoms with van der Waals surface area (Å²) in [4.78, 5) is 18.3. The van der Waals surface area contributed by atoms with E-state index in [0.717, 1.165) is 17.2 Å². The van der Waals surface area contributed by atoms with E-state index in [1.807, 2.05) is 47.9 Å². The molecule has 3 rings (SSSR count). The number of pyridine rings is 1. The number of nitrogens with zero attached hydrogens (tertiary/aromatic N) is 3. The van der Waals surface area contributed by atoms with E-state index in [-0.39, 0.29) is 5.91 Å². The summed E-state index contributed by atoms with van der Waals surface area (Å²) < 4.78 is 1.98. The van der Waals surface area contributed by atoms with Crippen molar-refractivity contribution in [1.82, 2.24) is 14.3 Å². The van der Waals surface area contributed by atoms with Crippen LogP contribution in [0.2, 0.25) is 0 Å². The first kappa shape index (κ1) is 15.1. The second kappa shape index (κ2) is 6.12. The van der Waals surface area contributed by atoms with E-state index in [1.54, 1.807) is 19.0 Å². The van der Waals surface area contributed by atoms with Crippen molar-refractivity contribution in [2.75, 3.05) is 19.4 Å². The van der Waals surface area contributed by atoms with Gasteiger partial charge in [-0.15, -0.1) is 0 Å². The molecule has 23 heavy (non-hydrogen) atoms. The van der Waals surface area contributed by atoms with Crippen LogP contribution < -0.4 is 5.32 Å². The second-order valence-corrected chi connectivity index (χ2v) is 5.78. The minimum atomic E-state index is -0.0316. The Balaban J connectivity index is 1.98. The highest BCUT2D eigenvalue weighted by Crippen LogP contribution is 2.18. The second-order valence-electron chi connectivity index (χ2n) is 5.78. The van der Waals surface area contributed by atoms with Gasteiger partial charge in [0.25, 0.3) is 5.91 Å². The van der Waals surface area contributed by atoms with Gasteiger partial charge in [-0.1, -0.05) is 30.3 Å². The number of fused-ring (bicyclic) bond motifs is 1. The number of carbonyl (C=O) groups is 1. The summed E-state index contributed by atoms with van der Waals surface area (Å²) in [5.41, 5.74) is 3.50. The zero-order valence-corrected chi connectivity index (χ0v) is 13.6. The van der Waals surface area contributed by atoms with Crippen LogP contribution in [0, 0.1) is 6.92 Å². The first-order chi connectivity index (χ1) is 11.0. The molecule has 0 saturated heterocycles. The van der Waals surface area contributed by atoms with Crippen molar-refractivity contribution < 1.29 is 4.79 Å². The molecule has 0 aliphatic rings. The molecular formula is C18H20N4O. The fraction of sp³-hybridized carbons (Fsp3) is 0.222. The fourth-order valence-electron chi connectivity index (χ4n) is 2.52. The first-order valence-corrected chi connectivity index (χ1v) is 7.54. The largest absolute Gasteiger partial charge is 0.367 e. The van der Waals surface area contributed by atoms with Gasteiger partial charge in [0.15, 0.2) is 0 Å². The van der Waals surface area contributed by atoms with Gasteiger partial charge >= 0.3 is 0 Å². The van der Waals surface area contributed by atoms with Crippen molar-refractivity contribution in [2.45, 2.75) is 13.5 Å². The van der Waals surface area contributed by atoms with E-state index >= 15 is 0 Å². The van der Waals surface area contributed by atoms with Crippen LogP contribution in [0.5, 0.6) is 0 Å². The molecule has 5 heteroatoms. The van der Waals surface area contributed by atoms with E-state index in [1.165, 1.54) is 5.56 Å². The van der Waals surface area contributed by atoms with E-state index in [4.69, 9.17) is 0 Å². The van der Waals surface area contributed by atoms with Crippen molar-refractivity contribution in [3.8, 4) is 0 Å². The summed E-state index contributed by atoms with van der Waals surface area (Å²) in [7, 11) is 3.50. The lowest BCUT2D eigenvalue weighted by Gasteiger charge is -2.14. The highest BCUT2D eigenvalue weighted by molar-refractivity contribution is 5.95. The standard InChI is InChI=1S/C18H20N4O/c1-13-12-22-16(19-11-14-7-5-4-6-8-14)9-15(10-17(22)20-13)18(23)21(2)3/h4-10,12,19H,11H2,1-3H3. The third-order valence-electron chi connectivity index (χ3n) is 3.66. The molecule has 0 spiro atoms. The molecule has 1 N–H and O–H groups in total. The maximum atomic E-state index is 12.3. The van der Waals surface area contributed by atoms with E-state index in [2.05, 4.69) is 22.4 Å². The molecule has 0 aliphatic heterocycles. The summed E-state index contributed by atoms with van der Waals surface area (Å²) in [6.45, 7) is 2.63. The average molecular weight is 308 g/mol. The van der Waals surface area contributed by atoms with E-state index < -0.39 is 0 Å². The minimum absolute atomic E-state index is 0.0316. The number of rotatable bonds is 4. The Kier molecular flexibility index (Phi) is 4.02. The number of hydrogen-bond acceptors (Lipinski definition) is 3. The van der Waals surface area contributed by atoms with Gasteiger partial charge in [-0.2, -0.15) is 0 Å². The highest BCUT2D eigenvalue weighted by atomic mass is 16.2. The third kappa shape index (κ3) is 3.18. The van der Waals surface area contributed by atoms with Crippen LogP contribution in [-0.2, 0) is 6.54 Å². The fourth-order valence-corrected chi connectivity index (χ4v) is 2.52. The van der Waals surface area contributed by atoms with Crippen LogP contribution in [0.15, 0.2) is 48.7 Å². The molecule has 0 radical (unpaired) electrons. The number of anilines is 1. The number of nitrogens with one attached hydrogen (secondary N) is 1. The van der Waals surface area contributed by atoms with Gasteiger partial charge in [0.1, 0.15) is 11.5 Å². The number of hydrogen-bond donors (Lipinski definition) is 1. The Morgan fingerprint density at radius 3 is 2.65 bits per heavy atom. The van der Waals surface area contributed by atoms with Crippen molar-refractivity contribution >= 4 is 17.4 Å². The van der Waals surface area contributed by atoms with Crippen LogP contribution in [0.3, 0.4) is 0 Å². The van der Waals surface area contributed by atoms with Crippen LogP contribution in [0.25, 0.3) is 5.65 Å². The van der Waals surface area contributed by atoms with Crippen LogP contribution >= 0.6 is 0 Å². The molecule has 0 unspecified atom stereocenters. The molecule has 2 heterocycles. The van der Waals surface area contributed by atoms with Gasteiger partial charge in [0.2, 0.25) is 0 Å². The minimum Gasteiger partial charge on any atom is -0.367 e. The Hall–Kier alpha value is -2.82. The van der Waals surface area contributed by atoms with Crippen molar-refractivity contribution in [1.29, 1.82) is 0 Å². The number of imidazole rings is 1. The van der Waals surface area contributed by atoms with E-state index in [9.17, 15) is 4.79 Å². The lowest BCUT2D eigenvalue weighted by molar-refractivity contribution is 0.0827. The molecule has 2 aromatic heterocycles. The van der Waals surface area contributed by atoms with Gasteiger partial charge in [-0.3, -0.25) is 9.20 Å². The quantitative estimate of drug-likeness (QED) is 0.806. The van der Waals surface area contributed by atoms with Gasteiger partial charge in [0.05, 0.1) is 5.69 Å². The molecule has 5 nitrogen and oxygen atoms in total. The van der Waals surface area contributed by atoms with Gasteiger partial charge in [-0.05, 0) is 24.6 Å². The number of aryl methyl sites for hydroxylation is 1. The molecule has 0 bridgehead atoms. The number of benzene rings is 1. The van der Waals surface area contributed by atoms with Crippen molar-refractivity contribution in [3.63, 3.8) is 0 Å². The maximum absolute atomic E-state index is 12.3. The molecule has 0 fully saturated rings. The molecule has 0 saturated carbocycles. The van der Waals surface area contributed by atoms with Crippen molar-refractivity contribution in [2.24, 2.45) is 0 Å². The van der Waals surface area contributed by atoms with Gasteiger partial charge in [-0.25, -0.2) is 4.98 Å². The Morgan fingerprint density at radius 2 is 1.96 bits per heavy atom. The summed E-state index contributed by atoms with van der Waals surface area (Å²) in [6, 6.07) is 13.9. The zero-order valence-electron chi connectivity index (χ0n) is 13.6. The number of aromatic nitrogens is 2. The summed E-state index contributed by atoms with van der Waals surface area (Å²) in [6.07, 6.45) is 1.96. The summed E-state index contributed by atoms with van der Waals surface area (Å²) in [5, 5.41) is 3.40. The maximum Gasteiger partial charge on any atom is 0.253 e. The van der Waals surface area contributed by atoms with Gasteiger partial charge < -0.3 is 10.2 Å². The third-order valence-corrected chi connectivity index (χ3v) is 3.66. The number of carbonyl (C=O) groups excluding carboxylic acids is 1. The predicted octanol–water partition coefficient (Wildman–Crippen LogP) is 2.96. The molecule has 118 valence electrons. The average Bonchev–Trinajstić information content (AvgIpc) is 2.92. The first-order valence-electron chi connectivity index (χ1n) is 7.54. The van der Waals surface area contributed by atoms with E-state index in [0.29, 0.717) is 12.1 Å². The lowest BCUT2D eigenvalue weighted by atomic mass is 10.2. The zero-order chi connectivity index (χ0) is 16.4. The molecular weight excluding hydrogens is 288 g/mol. The predicted molar refractivity (Wildman–Crippen MR) is 91.7 cm³/mol. The topological polar surface area (TPSA) is 49.6 Å². The molecule has 1 aromatic carbocycles. The van der Waals surface area contributed by atoms with Crippen LogP contribution in [-0.4, -0.2) is 34.3 Å². The SMILES string of the molecule is Cc1cn2c(NCc3ccccc3)cc(C(=O)N(C)C)cc2n1. The summed E-state index contributed by atoms with van der Waals surface area (Å²) >= 11 is 0. The molecule has 0 aliphatic carbocycles. The number of amides is 1. The monoisotopic (exact) mass is 308 g/mol. The van der Waals surface area contributed by atoms with Crippen molar-refractivity contribution in [3.05, 3.63) is 65.5 Å². The smallest absolute Gasteiger partial charge is 0.253 e. The van der Waals surface area contributed by atoms with Crippen LogP contribution in [0.4, 0.5) is 5.82 Å². The Labute approximate surface area is 135 Å². The van der Waals surface area contributed by atoms with Gasteiger partial charge in [0, 0.05) is 32.4 Å². The normalized spacial score (nSPS) is 10.7. The Bertz CT molecular complexity index is 837. The van der Waals surface area contributed by atoms with Crippen LogP contribution in [0.1, 0.15) is 21.6 Å². The Morgan fingerprint density at radius 1 is 1.22 bits per heavy atom. The summed E-state index contributed by atoms with van der Waals surface area (Å²) in [5.74, 6) is 0.827.